The fraction of sp³-hybridized carbons (Fsp3) is 0.222. The topological polar surface area (TPSA) is 43.7 Å². The number of hydrogen-bond acceptors (Lipinski definition) is 3. The Morgan fingerprint density at radius 1 is 1.00 bits per heavy atom. The van der Waals surface area contributed by atoms with Crippen molar-refractivity contribution in [1.29, 1.82) is 0 Å². The molecule has 0 spiro atoms. The summed E-state index contributed by atoms with van der Waals surface area (Å²) in [7, 11) is 0. The van der Waals surface area contributed by atoms with E-state index in [4.69, 9.17) is 23.2 Å². The van der Waals surface area contributed by atoms with Gasteiger partial charge in [-0.05, 0) is 30.2 Å². The molecular weight excluding hydrogens is 333 g/mol. The van der Waals surface area contributed by atoms with E-state index in [0.717, 1.165) is 5.56 Å². The molecule has 0 aromatic heterocycles. The Hall–Kier alpha value is -1.36. The van der Waals surface area contributed by atoms with Gasteiger partial charge in [-0.3, -0.25) is 0 Å². The van der Waals surface area contributed by atoms with E-state index >= 15 is 0 Å². The van der Waals surface area contributed by atoms with Crippen molar-refractivity contribution in [3.05, 3.63) is 81.9 Å². The van der Waals surface area contributed by atoms with Crippen LogP contribution in [0.5, 0.6) is 0 Å². The molecule has 0 radical (unpaired) electrons. The first kappa shape index (κ1) is 16.5. The van der Waals surface area contributed by atoms with Crippen LogP contribution in [-0.4, -0.2) is 27.9 Å². The Labute approximate surface area is 145 Å². The first-order valence-electron chi connectivity index (χ1n) is 7.37. The van der Waals surface area contributed by atoms with Crippen LogP contribution < -0.4 is 0 Å². The zero-order valence-electron chi connectivity index (χ0n) is 12.4. The highest BCUT2D eigenvalue weighted by Crippen LogP contribution is 2.42. The minimum atomic E-state index is -1.54. The molecule has 0 saturated heterocycles. The lowest BCUT2D eigenvalue weighted by Gasteiger charge is -2.36. The van der Waals surface area contributed by atoms with Crippen molar-refractivity contribution in [2.24, 2.45) is 0 Å². The van der Waals surface area contributed by atoms with Gasteiger partial charge in [-0.15, -0.1) is 0 Å². The minimum Gasteiger partial charge on any atom is -0.375 e. The third kappa shape index (κ3) is 3.16. The fourth-order valence-corrected chi connectivity index (χ4v) is 3.30. The summed E-state index contributed by atoms with van der Waals surface area (Å²) in [4.78, 5) is 1.57. The van der Waals surface area contributed by atoms with E-state index in [1.54, 1.807) is 29.2 Å². The van der Waals surface area contributed by atoms with Crippen molar-refractivity contribution in [1.82, 2.24) is 4.90 Å². The Morgan fingerprint density at radius 3 is 2.30 bits per heavy atom. The summed E-state index contributed by atoms with van der Waals surface area (Å²) < 4.78 is 0. The predicted molar refractivity (Wildman–Crippen MR) is 92.1 cm³/mol. The Bertz CT molecular complexity index is 703. The van der Waals surface area contributed by atoms with Crippen LogP contribution in [-0.2, 0) is 12.1 Å². The number of aliphatic hydroxyl groups is 2. The summed E-state index contributed by atoms with van der Waals surface area (Å²) in [6.45, 7) is 0.455. The van der Waals surface area contributed by atoms with Gasteiger partial charge in [-0.25, -0.2) is 4.90 Å². The van der Waals surface area contributed by atoms with Crippen molar-refractivity contribution in [2.45, 2.75) is 18.4 Å². The fourth-order valence-electron chi connectivity index (χ4n) is 2.84. The second-order valence-electron chi connectivity index (χ2n) is 5.54. The van der Waals surface area contributed by atoms with Crippen LogP contribution in [0.25, 0.3) is 0 Å². The van der Waals surface area contributed by atoms with Gasteiger partial charge >= 0.3 is 0 Å². The molecule has 2 N–H and O–H groups in total. The molecule has 0 saturated carbocycles. The average Bonchev–Trinajstić information content (AvgIpc) is 2.77. The molecule has 2 aromatic rings. The Balaban J connectivity index is 1.86. The maximum absolute atomic E-state index is 11.2. The molecule has 2 aromatic carbocycles. The molecule has 5 heteroatoms. The molecule has 0 amide bonds. The molecule has 0 aliphatic carbocycles. The van der Waals surface area contributed by atoms with Gasteiger partial charge in [0.2, 0.25) is 0 Å². The maximum Gasteiger partial charge on any atom is 0.183 e. The largest absolute Gasteiger partial charge is 0.375 e. The molecule has 3 rings (SSSR count). The molecule has 23 heavy (non-hydrogen) atoms. The van der Waals surface area contributed by atoms with E-state index in [-0.39, 0.29) is 5.03 Å². The summed E-state index contributed by atoms with van der Waals surface area (Å²) in [6, 6.07) is 16.7. The van der Waals surface area contributed by atoms with Crippen LogP contribution in [0.3, 0.4) is 0 Å². The van der Waals surface area contributed by atoms with Crippen LogP contribution in [0.1, 0.15) is 11.1 Å². The van der Waals surface area contributed by atoms with Crippen molar-refractivity contribution in [3.8, 4) is 0 Å². The highest BCUT2D eigenvalue weighted by atomic mass is 35.5. The van der Waals surface area contributed by atoms with Crippen molar-refractivity contribution in [3.63, 3.8) is 0 Å². The second-order valence-corrected chi connectivity index (χ2v) is 6.38. The van der Waals surface area contributed by atoms with E-state index in [9.17, 15) is 10.2 Å². The van der Waals surface area contributed by atoms with Crippen molar-refractivity contribution in [2.75, 3.05) is 6.54 Å². The van der Waals surface area contributed by atoms with E-state index in [0.29, 0.717) is 23.6 Å². The predicted octanol–water partition coefficient (Wildman–Crippen LogP) is 3.48. The van der Waals surface area contributed by atoms with Gasteiger partial charge in [0, 0.05) is 17.1 Å². The third-order valence-corrected chi connectivity index (χ3v) is 4.74. The van der Waals surface area contributed by atoms with E-state index in [2.05, 4.69) is 0 Å². The minimum absolute atomic E-state index is 0.195. The molecular formula is C18H17Cl2NO2. The second kappa shape index (κ2) is 6.63. The summed E-state index contributed by atoms with van der Waals surface area (Å²) in [5, 5.41) is 22.2. The first-order chi connectivity index (χ1) is 11.0. The molecule has 1 aliphatic heterocycles. The molecule has 1 heterocycles. The number of aliphatic hydroxyl groups excluding tert-OH is 1. The molecule has 2 unspecified atom stereocenters. The van der Waals surface area contributed by atoms with Crippen LogP contribution in [0.4, 0.5) is 0 Å². The number of hydrogen-bond donors (Lipinski definition) is 2. The van der Waals surface area contributed by atoms with Gasteiger partial charge < -0.3 is 10.2 Å². The molecule has 3 nitrogen and oxygen atoms in total. The lowest BCUT2D eigenvalue weighted by Crippen LogP contribution is -2.47. The normalized spacial score (nSPS) is 24.7. The van der Waals surface area contributed by atoms with Gasteiger partial charge in [0.1, 0.15) is 6.23 Å². The zero-order chi connectivity index (χ0) is 16.4. The SMILES string of the molecule is OC1C=C(Cl)C(O)(c2ccc(Cl)cc2)N1CCc1ccccc1. The van der Waals surface area contributed by atoms with Crippen LogP contribution >= 0.6 is 23.2 Å². The lowest BCUT2D eigenvalue weighted by atomic mass is 10.0. The van der Waals surface area contributed by atoms with Crippen molar-refractivity contribution < 1.29 is 10.2 Å². The summed E-state index contributed by atoms with van der Waals surface area (Å²) in [6.07, 6.45) is 1.21. The van der Waals surface area contributed by atoms with E-state index < -0.39 is 12.0 Å². The zero-order valence-corrected chi connectivity index (χ0v) is 13.9. The summed E-state index contributed by atoms with van der Waals surface area (Å²) in [5.74, 6) is 0. The van der Waals surface area contributed by atoms with Crippen LogP contribution in [0.2, 0.25) is 5.02 Å². The monoisotopic (exact) mass is 349 g/mol. The Kier molecular flexibility index (Phi) is 4.76. The van der Waals surface area contributed by atoms with Gasteiger partial charge in [0.05, 0.1) is 5.03 Å². The lowest BCUT2D eigenvalue weighted by molar-refractivity contribution is -0.123. The molecule has 1 aliphatic rings. The smallest absolute Gasteiger partial charge is 0.183 e. The molecule has 120 valence electrons. The highest BCUT2D eigenvalue weighted by Gasteiger charge is 2.47. The van der Waals surface area contributed by atoms with E-state index in [1.807, 2.05) is 30.3 Å². The number of rotatable bonds is 4. The standard InChI is InChI=1S/C18H17Cl2NO2/c19-15-8-6-14(7-9-15)18(23)16(20)12-17(22)21(18)11-10-13-4-2-1-3-5-13/h1-9,12,17,22-23H,10-11H2. The molecule has 0 bridgehead atoms. The third-order valence-electron chi connectivity index (χ3n) is 4.09. The average molecular weight is 350 g/mol. The van der Waals surface area contributed by atoms with E-state index in [1.165, 1.54) is 6.08 Å². The number of halogens is 2. The highest BCUT2D eigenvalue weighted by molar-refractivity contribution is 6.31. The van der Waals surface area contributed by atoms with Crippen molar-refractivity contribution >= 4 is 23.2 Å². The molecule has 0 fully saturated rings. The first-order valence-corrected chi connectivity index (χ1v) is 8.12. The number of benzene rings is 2. The summed E-state index contributed by atoms with van der Waals surface area (Å²) in [5.41, 5.74) is 0.161. The number of nitrogens with zero attached hydrogens (tertiary/aromatic N) is 1. The summed E-state index contributed by atoms with van der Waals surface area (Å²) >= 11 is 12.2. The quantitative estimate of drug-likeness (QED) is 0.887. The van der Waals surface area contributed by atoms with Gasteiger partial charge in [0.15, 0.2) is 5.72 Å². The molecule has 2 atom stereocenters. The maximum atomic E-state index is 11.2. The van der Waals surface area contributed by atoms with Crippen LogP contribution in [0.15, 0.2) is 65.7 Å². The van der Waals surface area contributed by atoms with Gasteiger partial charge in [-0.2, -0.15) is 0 Å². The van der Waals surface area contributed by atoms with Gasteiger partial charge in [-0.1, -0.05) is 65.7 Å². The van der Waals surface area contributed by atoms with Gasteiger partial charge in [0.25, 0.3) is 0 Å². The van der Waals surface area contributed by atoms with Crippen LogP contribution in [0, 0.1) is 0 Å². The Morgan fingerprint density at radius 2 is 1.65 bits per heavy atom.